The maximum absolute atomic E-state index is 11.8. The predicted molar refractivity (Wildman–Crippen MR) is 120 cm³/mol. The number of carbonyl (C=O) groups excluding carboxylic acids is 2. The van der Waals surface area contributed by atoms with E-state index in [1.165, 1.54) is 9.80 Å². The maximum Gasteiger partial charge on any atom is 0.469 e. The summed E-state index contributed by atoms with van der Waals surface area (Å²) < 4.78 is 42.4. The van der Waals surface area contributed by atoms with Crippen LogP contribution in [0.4, 0.5) is 0 Å². The number of likely N-dealkylation sites (N-methyl/N-ethyl adjacent to an activating group) is 2. The lowest BCUT2D eigenvalue weighted by molar-refractivity contribution is -0.128. The number of phosphoric acid groups is 2. The highest BCUT2D eigenvalue weighted by Gasteiger charge is 2.27. The average Bonchev–Trinajstić information content (AvgIpc) is 2.74. The second-order valence-corrected chi connectivity index (χ2v) is 9.13. The molecule has 0 aromatic carbocycles. The van der Waals surface area contributed by atoms with Gasteiger partial charge in [-0.15, -0.1) is 0 Å². The van der Waals surface area contributed by atoms with Crippen LogP contribution < -0.4 is 0 Å². The highest BCUT2D eigenvalue weighted by molar-refractivity contribution is 7.46. The van der Waals surface area contributed by atoms with Crippen molar-refractivity contribution in [3.05, 3.63) is 25.3 Å². The van der Waals surface area contributed by atoms with Crippen LogP contribution in [0, 0.1) is 0 Å². The van der Waals surface area contributed by atoms with E-state index in [1.54, 1.807) is 13.8 Å². The summed E-state index contributed by atoms with van der Waals surface area (Å²) >= 11 is 0. The van der Waals surface area contributed by atoms with E-state index in [-0.39, 0.29) is 52.6 Å². The number of phosphoric ester groups is 2. The van der Waals surface area contributed by atoms with Crippen LogP contribution in [-0.2, 0) is 37.2 Å². The first-order valence-electron chi connectivity index (χ1n) is 10.2. The van der Waals surface area contributed by atoms with Crippen molar-refractivity contribution < 1.29 is 56.8 Å². The number of nitrogens with zero attached hydrogens (tertiary/aromatic N) is 2. The third-order valence-corrected chi connectivity index (χ3v) is 5.28. The minimum absolute atomic E-state index is 0.0751. The lowest BCUT2D eigenvalue weighted by atomic mass is 10.3. The second kappa shape index (κ2) is 16.3. The Bertz CT molecular complexity index is 691. The quantitative estimate of drug-likeness (QED) is 0.0994. The number of ether oxygens (including phenoxy) is 2. The summed E-state index contributed by atoms with van der Waals surface area (Å²) in [6.45, 7) is 9.53. The van der Waals surface area contributed by atoms with Gasteiger partial charge in [-0.05, 0) is 26.0 Å². The van der Waals surface area contributed by atoms with Crippen LogP contribution in [0.15, 0.2) is 25.3 Å². The van der Waals surface area contributed by atoms with Crippen molar-refractivity contribution in [2.75, 3.05) is 52.6 Å². The molecule has 4 N–H and O–H groups in total. The summed E-state index contributed by atoms with van der Waals surface area (Å²) in [5.74, 6) is -0.894. The molecule has 0 fully saturated rings. The van der Waals surface area contributed by atoms with Gasteiger partial charge in [0.05, 0.1) is 39.5 Å². The monoisotopic (exact) mass is 532 g/mol. The summed E-state index contributed by atoms with van der Waals surface area (Å²) in [7, 11) is -9.71. The van der Waals surface area contributed by atoms with Crippen molar-refractivity contribution in [3.63, 3.8) is 0 Å². The van der Waals surface area contributed by atoms with Crippen molar-refractivity contribution in [1.82, 2.24) is 9.80 Å². The highest BCUT2D eigenvalue weighted by atomic mass is 31.2. The Kier molecular flexibility index (Phi) is 15.6. The van der Waals surface area contributed by atoms with Crippen LogP contribution in [0.2, 0.25) is 0 Å². The van der Waals surface area contributed by atoms with Gasteiger partial charge in [0.1, 0.15) is 12.2 Å². The molecule has 16 heteroatoms. The average molecular weight is 532 g/mol. The Balaban J connectivity index is 4.77. The summed E-state index contributed by atoms with van der Waals surface area (Å²) in [4.78, 5) is 62.4. The largest absolute Gasteiger partial charge is 0.469 e. The Labute approximate surface area is 198 Å². The normalized spacial score (nSPS) is 13.7. The predicted octanol–water partition coefficient (Wildman–Crippen LogP) is 0.0444. The number of rotatable bonds is 19. The van der Waals surface area contributed by atoms with E-state index in [2.05, 4.69) is 22.2 Å². The number of hydrogen-bond donors (Lipinski definition) is 4. The molecule has 198 valence electrons. The molecule has 0 aromatic rings. The van der Waals surface area contributed by atoms with E-state index in [0.29, 0.717) is 0 Å². The van der Waals surface area contributed by atoms with E-state index in [0.717, 1.165) is 12.2 Å². The number of hydrogen-bond acceptors (Lipinski definition) is 8. The van der Waals surface area contributed by atoms with Crippen molar-refractivity contribution >= 4 is 27.5 Å². The van der Waals surface area contributed by atoms with Gasteiger partial charge in [0, 0.05) is 13.1 Å². The maximum atomic E-state index is 11.8. The molecule has 0 bridgehead atoms. The Morgan fingerprint density at radius 3 is 1.35 bits per heavy atom. The number of carbonyl (C=O) groups is 2. The van der Waals surface area contributed by atoms with Crippen LogP contribution in [0.3, 0.4) is 0 Å². The lowest BCUT2D eigenvalue weighted by Crippen LogP contribution is -2.40. The second-order valence-electron chi connectivity index (χ2n) is 6.75. The van der Waals surface area contributed by atoms with Crippen LogP contribution in [0.1, 0.15) is 13.8 Å². The first kappa shape index (κ1) is 32.6. The fraction of sp³-hybridized carbons (Fsp3) is 0.667. The molecule has 2 atom stereocenters. The minimum Gasteiger partial charge on any atom is -0.376 e. The summed E-state index contributed by atoms with van der Waals surface area (Å²) in [5.41, 5.74) is 0. The third kappa shape index (κ3) is 15.5. The lowest BCUT2D eigenvalue weighted by Gasteiger charge is -2.26. The Hall–Kier alpha value is -1.44. The molecule has 0 aliphatic heterocycles. The molecule has 2 amide bonds. The highest BCUT2D eigenvalue weighted by Crippen LogP contribution is 2.38. The molecule has 0 saturated heterocycles. The van der Waals surface area contributed by atoms with Gasteiger partial charge in [0.25, 0.3) is 0 Å². The summed E-state index contributed by atoms with van der Waals surface area (Å²) in [6.07, 6.45) is -0.159. The van der Waals surface area contributed by atoms with Gasteiger partial charge in [-0.2, -0.15) is 0 Å². The van der Waals surface area contributed by atoms with Crippen LogP contribution in [0.25, 0.3) is 0 Å². The zero-order chi connectivity index (χ0) is 26.4. The summed E-state index contributed by atoms with van der Waals surface area (Å²) in [6, 6.07) is 0. The van der Waals surface area contributed by atoms with Crippen LogP contribution >= 0.6 is 15.6 Å². The van der Waals surface area contributed by atoms with Gasteiger partial charge in [-0.1, -0.05) is 13.2 Å². The molecular weight excluding hydrogens is 498 g/mol. The molecule has 0 saturated carbocycles. The van der Waals surface area contributed by atoms with Gasteiger partial charge in [-0.3, -0.25) is 18.6 Å². The third-order valence-electron chi connectivity index (χ3n) is 4.14. The van der Waals surface area contributed by atoms with Gasteiger partial charge in [0.2, 0.25) is 11.8 Å². The Morgan fingerprint density at radius 2 is 1.12 bits per heavy atom. The summed E-state index contributed by atoms with van der Waals surface area (Å²) in [5, 5.41) is 0. The van der Waals surface area contributed by atoms with Crippen molar-refractivity contribution in [3.8, 4) is 0 Å². The fourth-order valence-corrected chi connectivity index (χ4v) is 3.70. The molecule has 0 rings (SSSR count). The molecule has 0 radical (unpaired) electrons. The van der Waals surface area contributed by atoms with Crippen LogP contribution in [-0.4, -0.2) is 106 Å². The molecule has 0 heterocycles. The standard InChI is InChI=1S/C18H34N2O12P2/c1-5-17(21)19(7-3)11-15(31-33(23,24)25)13-29-9-10-30-14-16(32-34(26,27)28)12-20(8-4)18(22)6-2/h5-6,15-16H,1-2,7-14H2,3-4H3,(H2,23,24,25)(H2,26,27,28). The van der Waals surface area contributed by atoms with E-state index >= 15 is 0 Å². The van der Waals surface area contributed by atoms with E-state index in [1.807, 2.05) is 0 Å². The molecule has 14 nitrogen and oxygen atoms in total. The molecule has 0 aliphatic rings. The SMILES string of the molecule is C=CC(=O)N(CC)CC(COCCOCC(CN(CC)C(=O)C=C)OP(=O)(O)O)OP(=O)(O)O. The van der Waals surface area contributed by atoms with Gasteiger partial charge >= 0.3 is 15.6 Å². The fourth-order valence-electron chi connectivity index (χ4n) is 2.67. The molecule has 0 aliphatic carbocycles. The van der Waals surface area contributed by atoms with E-state index < -0.39 is 39.7 Å². The van der Waals surface area contributed by atoms with Gasteiger partial charge < -0.3 is 38.8 Å². The van der Waals surface area contributed by atoms with Crippen molar-refractivity contribution in [2.24, 2.45) is 0 Å². The van der Waals surface area contributed by atoms with Gasteiger partial charge in [0.15, 0.2) is 0 Å². The molecular formula is C18H34N2O12P2. The molecule has 2 unspecified atom stereocenters. The first-order chi connectivity index (χ1) is 15.8. The van der Waals surface area contributed by atoms with E-state index in [9.17, 15) is 18.7 Å². The van der Waals surface area contributed by atoms with E-state index in [4.69, 9.17) is 29.0 Å². The Morgan fingerprint density at radius 1 is 0.794 bits per heavy atom. The molecule has 0 spiro atoms. The molecule has 0 aromatic heterocycles. The smallest absolute Gasteiger partial charge is 0.376 e. The topological polar surface area (TPSA) is 193 Å². The van der Waals surface area contributed by atoms with Crippen LogP contribution in [0.5, 0.6) is 0 Å². The number of amides is 2. The van der Waals surface area contributed by atoms with Gasteiger partial charge in [-0.25, -0.2) is 9.13 Å². The first-order valence-corrected chi connectivity index (χ1v) is 13.3. The van der Waals surface area contributed by atoms with Crippen molar-refractivity contribution in [1.29, 1.82) is 0 Å². The van der Waals surface area contributed by atoms with Crippen molar-refractivity contribution in [2.45, 2.75) is 26.1 Å². The minimum atomic E-state index is -4.85. The zero-order valence-corrected chi connectivity index (χ0v) is 21.0. The zero-order valence-electron chi connectivity index (χ0n) is 19.2. The molecule has 34 heavy (non-hydrogen) atoms.